The van der Waals surface area contributed by atoms with Crippen molar-refractivity contribution in [1.82, 2.24) is 5.32 Å². The van der Waals surface area contributed by atoms with Crippen molar-refractivity contribution in [2.45, 2.75) is 25.0 Å². The van der Waals surface area contributed by atoms with Crippen molar-refractivity contribution in [3.63, 3.8) is 0 Å². The average Bonchev–Trinajstić information content (AvgIpc) is 2.74. The lowest BCUT2D eigenvalue weighted by atomic mass is 9.97. The fourth-order valence-corrected chi connectivity index (χ4v) is 3.11. The summed E-state index contributed by atoms with van der Waals surface area (Å²) in [5, 5.41) is 14.1. The minimum absolute atomic E-state index is 0.345. The first kappa shape index (κ1) is 14.1. The van der Waals surface area contributed by atoms with Gasteiger partial charge in [0.1, 0.15) is 11.4 Å². The number of benzene rings is 2. The number of rotatable bonds is 4. The summed E-state index contributed by atoms with van der Waals surface area (Å²) in [6, 6.07) is 16.0. The molecule has 3 nitrogen and oxygen atoms in total. The predicted octanol–water partition coefficient (Wildman–Crippen LogP) is 2.62. The van der Waals surface area contributed by atoms with E-state index in [1.54, 1.807) is 0 Å². The van der Waals surface area contributed by atoms with Crippen LogP contribution in [0.3, 0.4) is 0 Å². The molecule has 21 heavy (non-hydrogen) atoms. The minimum atomic E-state index is -0.916. The fourth-order valence-electron chi connectivity index (χ4n) is 3.11. The number of likely N-dealkylation sites (N-methyl/N-ethyl adjacent to an activating group) is 1. The molecule has 1 aliphatic rings. The van der Waals surface area contributed by atoms with Crippen LogP contribution in [0.2, 0.25) is 0 Å². The molecule has 0 saturated carbocycles. The van der Waals surface area contributed by atoms with Gasteiger partial charge >= 0.3 is 0 Å². The molecule has 3 rings (SSSR count). The van der Waals surface area contributed by atoms with Gasteiger partial charge in [-0.25, -0.2) is 0 Å². The first-order valence-electron chi connectivity index (χ1n) is 7.31. The van der Waals surface area contributed by atoms with Crippen LogP contribution in [0, 0.1) is 6.92 Å². The van der Waals surface area contributed by atoms with Crippen molar-refractivity contribution >= 4 is 0 Å². The van der Waals surface area contributed by atoms with Gasteiger partial charge in [-0.1, -0.05) is 42.5 Å². The van der Waals surface area contributed by atoms with Gasteiger partial charge in [0.25, 0.3) is 0 Å². The molecule has 0 bridgehead atoms. The van der Waals surface area contributed by atoms with E-state index < -0.39 is 5.60 Å². The number of para-hydroxylation sites is 1. The Balaban J connectivity index is 1.98. The highest BCUT2D eigenvalue weighted by molar-refractivity contribution is 5.41. The van der Waals surface area contributed by atoms with E-state index in [2.05, 4.69) is 11.4 Å². The maximum Gasteiger partial charge on any atom is 0.154 e. The third-order valence-electron chi connectivity index (χ3n) is 4.14. The van der Waals surface area contributed by atoms with E-state index in [1.807, 2.05) is 56.4 Å². The molecule has 0 saturated heterocycles. The van der Waals surface area contributed by atoms with E-state index in [0.717, 1.165) is 22.4 Å². The standard InChI is InChI=1S/C18H21NO2/c1-13-7-3-6-10-16(13)21-17-15-9-5-4-8-14(15)11-18(17,20)12-19-2/h3-10,17,19-20H,11-12H2,1-2H3/t17-,18-/m0/s1. The van der Waals surface area contributed by atoms with Crippen LogP contribution in [0.15, 0.2) is 48.5 Å². The second-order valence-corrected chi connectivity index (χ2v) is 5.77. The summed E-state index contributed by atoms with van der Waals surface area (Å²) in [7, 11) is 1.85. The summed E-state index contributed by atoms with van der Waals surface area (Å²) in [5.74, 6) is 0.828. The Morgan fingerprint density at radius 1 is 1.19 bits per heavy atom. The molecule has 0 amide bonds. The van der Waals surface area contributed by atoms with Gasteiger partial charge in [-0.2, -0.15) is 0 Å². The quantitative estimate of drug-likeness (QED) is 0.906. The number of aliphatic hydroxyl groups is 1. The van der Waals surface area contributed by atoms with E-state index in [1.165, 1.54) is 0 Å². The maximum absolute atomic E-state index is 11.0. The first-order valence-corrected chi connectivity index (χ1v) is 7.31. The van der Waals surface area contributed by atoms with Gasteiger partial charge in [-0.05, 0) is 36.7 Å². The number of hydrogen-bond donors (Lipinski definition) is 2. The largest absolute Gasteiger partial charge is 0.482 e. The molecule has 2 aromatic rings. The molecule has 2 N–H and O–H groups in total. The molecule has 0 fully saturated rings. The number of nitrogens with one attached hydrogen (secondary N) is 1. The number of fused-ring (bicyclic) bond motifs is 1. The smallest absolute Gasteiger partial charge is 0.154 e. The van der Waals surface area contributed by atoms with E-state index in [0.29, 0.717) is 13.0 Å². The van der Waals surface area contributed by atoms with E-state index >= 15 is 0 Å². The fraction of sp³-hybridized carbons (Fsp3) is 0.333. The van der Waals surface area contributed by atoms with Gasteiger partial charge in [0, 0.05) is 13.0 Å². The van der Waals surface area contributed by atoms with Crippen LogP contribution in [0.4, 0.5) is 0 Å². The monoisotopic (exact) mass is 283 g/mol. The highest BCUT2D eigenvalue weighted by atomic mass is 16.5. The Morgan fingerprint density at radius 2 is 1.90 bits per heavy atom. The molecule has 110 valence electrons. The van der Waals surface area contributed by atoms with Gasteiger partial charge in [-0.3, -0.25) is 0 Å². The number of hydrogen-bond acceptors (Lipinski definition) is 3. The zero-order valence-electron chi connectivity index (χ0n) is 12.5. The average molecular weight is 283 g/mol. The topological polar surface area (TPSA) is 41.5 Å². The maximum atomic E-state index is 11.0. The van der Waals surface area contributed by atoms with Crippen LogP contribution < -0.4 is 10.1 Å². The molecule has 3 heteroatoms. The molecule has 2 atom stereocenters. The molecule has 0 unspecified atom stereocenters. The predicted molar refractivity (Wildman–Crippen MR) is 83.6 cm³/mol. The Morgan fingerprint density at radius 3 is 2.67 bits per heavy atom. The SMILES string of the molecule is CNC[C@@]1(O)Cc2ccccc2[C@@H]1Oc1ccccc1C. The van der Waals surface area contributed by atoms with Crippen molar-refractivity contribution in [3.05, 3.63) is 65.2 Å². The van der Waals surface area contributed by atoms with E-state index in [9.17, 15) is 5.11 Å². The van der Waals surface area contributed by atoms with Crippen molar-refractivity contribution in [3.8, 4) is 5.75 Å². The van der Waals surface area contributed by atoms with Crippen LogP contribution in [-0.2, 0) is 6.42 Å². The summed E-state index contributed by atoms with van der Waals surface area (Å²) in [5.41, 5.74) is 2.40. The molecule has 0 aliphatic heterocycles. The first-order chi connectivity index (χ1) is 10.1. The Kier molecular flexibility index (Phi) is 3.70. The van der Waals surface area contributed by atoms with Crippen molar-refractivity contribution in [2.75, 3.05) is 13.6 Å². The third-order valence-corrected chi connectivity index (χ3v) is 4.14. The van der Waals surface area contributed by atoms with Crippen LogP contribution in [0.5, 0.6) is 5.75 Å². The molecule has 1 aliphatic carbocycles. The molecule has 0 heterocycles. The van der Waals surface area contributed by atoms with E-state index in [-0.39, 0.29) is 6.10 Å². The Bertz CT molecular complexity index is 641. The van der Waals surface area contributed by atoms with Gasteiger partial charge in [0.15, 0.2) is 6.10 Å². The summed E-state index contributed by atoms with van der Waals surface area (Å²) < 4.78 is 6.21. The molecule has 0 radical (unpaired) electrons. The number of ether oxygens (including phenoxy) is 1. The lowest BCUT2D eigenvalue weighted by Crippen LogP contribution is -2.45. The van der Waals surface area contributed by atoms with Crippen molar-refractivity contribution < 1.29 is 9.84 Å². The van der Waals surface area contributed by atoms with Crippen molar-refractivity contribution in [2.24, 2.45) is 0 Å². The van der Waals surface area contributed by atoms with Gasteiger partial charge in [0.2, 0.25) is 0 Å². The van der Waals surface area contributed by atoms with E-state index in [4.69, 9.17) is 4.74 Å². The van der Waals surface area contributed by atoms with Gasteiger partial charge in [0.05, 0.1) is 0 Å². The number of aryl methyl sites for hydroxylation is 1. The summed E-state index contributed by atoms with van der Waals surface area (Å²) in [6.45, 7) is 2.52. The van der Waals surface area contributed by atoms with Crippen LogP contribution in [0.1, 0.15) is 22.8 Å². The lowest BCUT2D eigenvalue weighted by molar-refractivity contribution is -0.0486. The second-order valence-electron chi connectivity index (χ2n) is 5.77. The van der Waals surface area contributed by atoms with Crippen molar-refractivity contribution in [1.29, 1.82) is 0 Å². The molecule has 0 aromatic heterocycles. The Hall–Kier alpha value is -1.84. The zero-order valence-corrected chi connectivity index (χ0v) is 12.5. The molecule has 2 aromatic carbocycles. The van der Waals surface area contributed by atoms with Crippen LogP contribution in [-0.4, -0.2) is 24.3 Å². The summed E-state index contributed by atoms with van der Waals surface area (Å²) in [4.78, 5) is 0. The normalized spacial score (nSPS) is 23.9. The molecule has 0 spiro atoms. The lowest BCUT2D eigenvalue weighted by Gasteiger charge is -2.31. The third kappa shape index (κ3) is 2.55. The zero-order chi connectivity index (χ0) is 14.9. The molecular formula is C18H21NO2. The summed E-state index contributed by atoms with van der Waals surface area (Å²) in [6.07, 6.45) is 0.267. The van der Waals surface area contributed by atoms with Gasteiger partial charge in [-0.15, -0.1) is 0 Å². The van der Waals surface area contributed by atoms with Crippen LogP contribution >= 0.6 is 0 Å². The minimum Gasteiger partial charge on any atom is -0.482 e. The highest BCUT2D eigenvalue weighted by Crippen LogP contribution is 2.42. The Labute approximate surface area is 125 Å². The van der Waals surface area contributed by atoms with Crippen LogP contribution in [0.25, 0.3) is 0 Å². The summed E-state index contributed by atoms with van der Waals surface area (Å²) >= 11 is 0. The second kappa shape index (κ2) is 5.51. The van der Waals surface area contributed by atoms with Gasteiger partial charge < -0.3 is 15.2 Å². The highest BCUT2D eigenvalue weighted by Gasteiger charge is 2.46. The molecular weight excluding hydrogens is 262 g/mol.